The Morgan fingerprint density at radius 3 is 2.57 bits per heavy atom. The number of pyridine rings is 2. The summed E-state index contributed by atoms with van der Waals surface area (Å²) in [7, 11) is 1.77. The predicted molar refractivity (Wildman–Crippen MR) is 146 cm³/mol. The number of nitrogens with zero attached hydrogens (tertiary/aromatic N) is 4. The van der Waals surface area contributed by atoms with Gasteiger partial charge in [-0.3, -0.25) is 9.38 Å². The van der Waals surface area contributed by atoms with Gasteiger partial charge in [0.1, 0.15) is 11.5 Å². The van der Waals surface area contributed by atoms with Crippen LogP contribution < -0.4 is 0 Å². The fraction of sp³-hybridized carbons (Fsp3) is 0.290. The minimum Gasteiger partial charge on any atom is -0.383 e. The standard InChI is InChI=1S/C31H31FN4O/c1-21-17-28(27-19-26(32)7-8-29(27)34-21)30-20-33-31-18-25(11-14-36(30)31)23-5-3-22(4-6-23)24-9-12-35(13-10-24)15-16-37-2/h3-8,11,14,17-20,24H,9-10,12-13,15-16H2,1-2H3. The number of fused-ring (bicyclic) bond motifs is 2. The number of benzene rings is 2. The molecule has 4 heterocycles. The summed E-state index contributed by atoms with van der Waals surface area (Å²) in [5.41, 5.74) is 8.12. The number of aromatic nitrogens is 3. The second kappa shape index (κ2) is 10.0. The molecule has 3 aromatic heterocycles. The van der Waals surface area contributed by atoms with Crippen LogP contribution in [-0.4, -0.2) is 52.6 Å². The number of hydrogen-bond acceptors (Lipinski definition) is 4. The quantitative estimate of drug-likeness (QED) is 0.271. The number of aryl methyl sites for hydroxylation is 1. The molecule has 5 aromatic rings. The Bertz CT molecular complexity index is 1550. The van der Waals surface area contributed by atoms with Gasteiger partial charge < -0.3 is 9.64 Å². The van der Waals surface area contributed by atoms with Crippen molar-refractivity contribution in [1.29, 1.82) is 0 Å². The Labute approximate surface area is 216 Å². The number of hydrogen-bond donors (Lipinski definition) is 0. The normalized spacial score (nSPS) is 15.1. The summed E-state index contributed by atoms with van der Waals surface area (Å²) in [6.45, 7) is 6.05. The van der Waals surface area contributed by atoms with E-state index in [9.17, 15) is 4.39 Å². The van der Waals surface area contributed by atoms with E-state index >= 15 is 0 Å². The first-order chi connectivity index (χ1) is 18.1. The van der Waals surface area contributed by atoms with E-state index in [0.29, 0.717) is 5.92 Å². The van der Waals surface area contributed by atoms with Crippen LogP contribution in [-0.2, 0) is 4.74 Å². The molecule has 1 fully saturated rings. The van der Waals surface area contributed by atoms with Gasteiger partial charge in [-0.2, -0.15) is 0 Å². The third-order valence-corrected chi connectivity index (χ3v) is 7.60. The van der Waals surface area contributed by atoms with Crippen molar-refractivity contribution in [3.05, 3.63) is 90.1 Å². The number of methoxy groups -OCH3 is 1. The van der Waals surface area contributed by atoms with Crippen LogP contribution in [0, 0.1) is 12.7 Å². The van der Waals surface area contributed by atoms with Crippen LogP contribution in [0.1, 0.15) is 30.0 Å². The lowest BCUT2D eigenvalue weighted by Crippen LogP contribution is -2.35. The molecule has 6 heteroatoms. The van der Waals surface area contributed by atoms with Gasteiger partial charge in [-0.05, 0) is 91.9 Å². The molecule has 0 saturated carbocycles. The summed E-state index contributed by atoms with van der Waals surface area (Å²) in [5, 5.41) is 0.789. The van der Waals surface area contributed by atoms with Gasteiger partial charge in [-0.15, -0.1) is 0 Å². The Hall–Kier alpha value is -3.61. The molecule has 0 N–H and O–H groups in total. The molecular formula is C31H31FN4O. The number of likely N-dealkylation sites (tertiary alicyclic amines) is 1. The maximum absolute atomic E-state index is 14.1. The maximum atomic E-state index is 14.1. The first-order valence-electron chi connectivity index (χ1n) is 12.9. The van der Waals surface area contributed by atoms with Crippen molar-refractivity contribution in [3.8, 4) is 22.4 Å². The second-order valence-corrected chi connectivity index (χ2v) is 9.99. The van der Waals surface area contributed by atoms with Crippen LogP contribution in [0.5, 0.6) is 0 Å². The highest BCUT2D eigenvalue weighted by Gasteiger charge is 2.20. The first-order valence-corrected chi connectivity index (χ1v) is 12.9. The zero-order chi connectivity index (χ0) is 25.4. The van der Waals surface area contributed by atoms with Gasteiger partial charge in [-0.25, -0.2) is 9.37 Å². The lowest BCUT2D eigenvalue weighted by atomic mass is 9.88. The number of rotatable bonds is 6. The summed E-state index contributed by atoms with van der Waals surface area (Å²) in [6, 6.07) is 20.0. The molecular weight excluding hydrogens is 463 g/mol. The van der Waals surface area contributed by atoms with E-state index in [1.165, 1.54) is 30.0 Å². The van der Waals surface area contributed by atoms with Crippen LogP contribution in [0.25, 0.3) is 38.9 Å². The molecule has 188 valence electrons. The highest BCUT2D eigenvalue weighted by molar-refractivity contribution is 5.94. The van der Waals surface area contributed by atoms with E-state index in [0.717, 1.165) is 65.3 Å². The zero-order valence-corrected chi connectivity index (χ0v) is 21.3. The average molecular weight is 495 g/mol. The van der Waals surface area contributed by atoms with Gasteiger partial charge in [0.25, 0.3) is 0 Å². The zero-order valence-electron chi connectivity index (χ0n) is 21.3. The average Bonchev–Trinajstić information content (AvgIpc) is 3.35. The fourth-order valence-corrected chi connectivity index (χ4v) is 5.56. The molecule has 1 aliphatic rings. The molecule has 0 amide bonds. The van der Waals surface area contributed by atoms with Crippen molar-refractivity contribution in [2.24, 2.45) is 0 Å². The summed E-state index contributed by atoms with van der Waals surface area (Å²) >= 11 is 0. The largest absolute Gasteiger partial charge is 0.383 e. The smallest absolute Gasteiger partial charge is 0.137 e. The van der Waals surface area contributed by atoms with Gasteiger partial charge in [0.15, 0.2) is 0 Å². The van der Waals surface area contributed by atoms with Gasteiger partial charge in [0.2, 0.25) is 0 Å². The third kappa shape index (κ3) is 4.75. The molecule has 0 bridgehead atoms. The van der Waals surface area contributed by atoms with E-state index in [-0.39, 0.29) is 5.82 Å². The number of piperidine rings is 1. The SMILES string of the molecule is COCCN1CCC(c2ccc(-c3ccn4c(-c5cc(C)nc6ccc(F)cc56)cnc4c3)cc2)CC1. The summed E-state index contributed by atoms with van der Waals surface area (Å²) < 4.78 is 21.4. The number of halogens is 1. The van der Waals surface area contributed by atoms with Crippen molar-refractivity contribution < 1.29 is 9.13 Å². The molecule has 0 spiro atoms. The van der Waals surface area contributed by atoms with Crippen molar-refractivity contribution in [1.82, 2.24) is 19.3 Å². The molecule has 6 rings (SSSR count). The minimum atomic E-state index is -0.268. The fourth-order valence-electron chi connectivity index (χ4n) is 5.56. The number of ether oxygens (including phenoxy) is 1. The Morgan fingerprint density at radius 2 is 1.78 bits per heavy atom. The Morgan fingerprint density at radius 1 is 0.973 bits per heavy atom. The van der Waals surface area contributed by atoms with Crippen molar-refractivity contribution in [2.75, 3.05) is 33.4 Å². The van der Waals surface area contributed by atoms with E-state index in [2.05, 4.69) is 56.9 Å². The van der Waals surface area contributed by atoms with Crippen LogP contribution in [0.3, 0.4) is 0 Å². The van der Waals surface area contributed by atoms with Crippen LogP contribution in [0.4, 0.5) is 4.39 Å². The highest BCUT2D eigenvalue weighted by atomic mass is 19.1. The van der Waals surface area contributed by atoms with E-state index < -0.39 is 0 Å². The van der Waals surface area contributed by atoms with E-state index in [1.54, 1.807) is 19.2 Å². The monoisotopic (exact) mass is 494 g/mol. The summed E-state index contributed by atoms with van der Waals surface area (Å²) in [5.74, 6) is 0.351. The lowest BCUT2D eigenvalue weighted by Gasteiger charge is -2.32. The van der Waals surface area contributed by atoms with Crippen LogP contribution in [0.2, 0.25) is 0 Å². The van der Waals surface area contributed by atoms with Gasteiger partial charge in [-0.1, -0.05) is 24.3 Å². The molecule has 0 radical (unpaired) electrons. The molecule has 1 saturated heterocycles. The molecule has 5 nitrogen and oxygen atoms in total. The summed E-state index contributed by atoms with van der Waals surface area (Å²) in [4.78, 5) is 11.8. The lowest BCUT2D eigenvalue weighted by molar-refractivity contribution is 0.130. The molecule has 2 aromatic carbocycles. The van der Waals surface area contributed by atoms with Gasteiger partial charge >= 0.3 is 0 Å². The highest BCUT2D eigenvalue weighted by Crippen LogP contribution is 2.33. The molecule has 0 atom stereocenters. The molecule has 1 aliphatic heterocycles. The molecule has 0 aliphatic carbocycles. The van der Waals surface area contributed by atoms with E-state index in [1.807, 2.05) is 19.2 Å². The van der Waals surface area contributed by atoms with E-state index in [4.69, 9.17) is 9.72 Å². The van der Waals surface area contributed by atoms with Gasteiger partial charge in [0.05, 0.1) is 24.0 Å². The Kier molecular flexibility index (Phi) is 6.45. The summed E-state index contributed by atoms with van der Waals surface area (Å²) in [6.07, 6.45) is 6.30. The first kappa shape index (κ1) is 23.8. The molecule has 0 unspecified atom stereocenters. The molecule has 37 heavy (non-hydrogen) atoms. The number of imidazole rings is 1. The van der Waals surface area contributed by atoms with Crippen molar-refractivity contribution in [3.63, 3.8) is 0 Å². The van der Waals surface area contributed by atoms with Crippen molar-refractivity contribution in [2.45, 2.75) is 25.7 Å². The second-order valence-electron chi connectivity index (χ2n) is 9.99. The third-order valence-electron chi connectivity index (χ3n) is 7.60. The van der Waals surface area contributed by atoms with Gasteiger partial charge in [0, 0.05) is 36.5 Å². The van der Waals surface area contributed by atoms with Crippen LogP contribution in [0.15, 0.2) is 73.1 Å². The maximum Gasteiger partial charge on any atom is 0.137 e. The van der Waals surface area contributed by atoms with Crippen LogP contribution >= 0.6 is 0 Å². The van der Waals surface area contributed by atoms with Crippen molar-refractivity contribution >= 4 is 16.6 Å². The Balaban J connectivity index is 1.25. The topological polar surface area (TPSA) is 42.7 Å². The predicted octanol–water partition coefficient (Wildman–Crippen LogP) is 6.49. The minimum absolute atomic E-state index is 0.268.